The van der Waals surface area contributed by atoms with Crippen LogP contribution in [-0.2, 0) is 7.05 Å². The van der Waals surface area contributed by atoms with Gasteiger partial charge in [0.1, 0.15) is 0 Å². The topological polar surface area (TPSA) is 68.4 Å². The molecule has 106 valence electrons. The molecule has 0 atom stereocenters. The Hall–Kier alpha value is -1.86. The molecule has 0 bridgehead atoms. The summed E-state index contributed by atoms with van der Waals surface area (Å²) < 4.78 is 2.81. The lowest BCUT2D eigenvalue weighted by Gasteiger charge is -2.05. The molecule has 0 saturated carbocycles. The van der Waals surface area contributed by atoms with E-state index in [9.17, 15) is 9.59 Å². The number of hydrogen-bond donors (Lipinski definition) is 1. The number of nitrogens with zero attached hydrogens (tertiary/aromatic N) is 3. The Bertz CT molecular complexity index is 787. The average Bonchev–Trinajstić information content (AvgIpc) is 2.66. The molecule has 6 nitrogen and oxygen atoms in total. The highest BCUT2D eigenvalue weighted by Gasteiger charge is 2.11. The quantitative estimate of drug-likeness (QED) is 0.865. The average molecular weight is 313 g/mol. The van der Waals surface area contributed by atoms with Gasteiger partial charge in [-0.05, 0) is 42.2 Å². The third kappa shape index (κ3) is 2.68. The summed E-state index contributed by atoms with van der Waals surface area (Å²) in [7, 11) is 3.10. The van der Waals surface area contributed by atoms with Crippen LogP contribution in [0.25, 0.3) is 5.69 Å². The predicted octanol–water partition coefficient (Wildman–Crippen LogP) is 1.44. The van der Waals surface area contributed by atoms with Crippen molar-refractivity contribution in [2.45, 2.75) is 6.92 Å². The molecule has 1 aromatic heterocycles. The number of amides is 2. The van der Waals surface area contributed by atoms with Crippen molar-refractivity contribution >= 4 is 29.2 Å². The number of carbonyl (C=O) groups is 1. The van der Waals surface area contributed by atoms with Gasteiger partial charge in [0.25, 0.3) is 0 Å². The lowest BCUT2D eigenvalue weighted by atomic mass is 10.2. The minimum absolute atomic E-state index is 0.261. The Kier molecular flexibility index (Phi) is 4.10. The second kappa shape index (κ2) is 5.64. The second-order valence-corrected chi connectivity index (χ2v) is 5.62. The Balaban J connectivity index is 2.77. The third-order valence-electron chi connectivity index (χ3n) is 2.68. The van der Waals surface area contributed by atoms with Crippen molar-refractivity contribution in [3.63, 3.8) is 0 Å². The van der Waals surface area contributed by atoms with Crippen LogP contribution in [0.3, 0.4) is 0 Å². The molecule has 2 aromatic rings. The molecule has 0 fully saturated rings. The summed E-state index contributed by atoms with van der Waals surface area (Å²) in [5.41, 5.74) is 1.22. The van der Waals surface area contributed by atoms with E-state index in [4.69, 9.17) is 11.6 Å². The standard InChI is InChI=1S/C12H13ClN4O2S/c1-7-6-8(13)4-5-9(7)17-11(15-10(18)14-2)20-16(3)12(17)19/h4-6H,1-3H3,(H,14,18)/b15-11-. The fourth-order valence-electron chi connectivity index (χ4n) is 1.71. The Labute approximate surface area is 124 Å². The molecule has 0 unspecified atom stereocenters. The third-order valence-corrected chi connectivity index (χ3v) is 3.78. The summed E-state index contributed by atoms with van der Waals surface area (Å²) in [6.45, 7) is 1.84. The maximum Gasteiger partial charge on any atom is 0.344 e. The van der Waals surface area contributed by atoms with Crippen LogP contribution in [-0.4, -0.2) is 21.6 Å². The van der Waals surface area contributed by atoms with Gasteiger partial charge in [0.2, 0.25) is 4.80 Å². The fourth-order valence-corrected chi connectivity index (χ4v) is 2.73. The van der Waals surface area contributed by atoms with Crippen LogP contribution in [0, 0.1) is 6.92 Å². The second-order valence-electron chi connectivity index (χ2n) is 4.09. The lowest BCUT2D eigenvalue weighted by molar-refractivity contribution is 0.250. The maximum absolute atomic E-state index is 12.2. The van der Waals surface area contributed by atoms with Gasteiger partial charge in [-0.3, -0.25) is 0 Å². The summed E-state index contributed by atoms with van der Waals surface area (Å²) in [5, 5.41) is 2.99. The number of halogens is 1. The largest absolute Gasteiger partial charge is 0.344 e. The molecule has 0 aliphatic carbocycles. The van der Waals surface area contributed by atoms with Gasteiger partial charge in [-0.25, -0.2) is 18.1 Å². The first-order chi connectivity index (χ1) is 9.43. The van der Waals surface area contributed by atoms with E-state index in [0.29, 0.717) is 15.5 Å². The van der Waals surface area contributed by atoms with Crippen LogP contribution in [0.1, 0.15) is 5.56 Å². The van der Waals surface area contributed by atoms with Crippen molar-refractivity contribution < 1.29 is 4.79 Å². The van der Waals surface area contributed by atoms with E-state index in [1.807, 2.05) is 6.92 Å². The van der Waals surface area contributed by atoms with E-state index in [2.05, 4.69) is 10.3 Å². The number of aryl methyl sites for hydroxylation is 2. The van der Waals surface area contributed by atoms with E-state index >= 15 is 0 Å². The minimum atomic E-state index is -0.507. The molecule has 0 saturated heterocycles. The smallest absolute Gasteiger partial charge is 0.339 e. The number of urea groups is 1. The van der Waals surface area contributed by atoms with Crippen LogP contribution in [0.15, 0.2) is 28.0 Å². The highest BCUT2D eigenvalue weighted by atomic mass is 35.5. The molecule has 1 N–H and O–H groups in total. The number of carbonyl (C=O) groups excluding carboxylic acids is 1. The van der Waals surface area contributed by atoms with Crippen molar-refractivity contribution in [2.24, 2.45) is 12.0 Å². The molecular formula is C12H13ClN4O2S. The number of benzene rings is 1. The van der Waals surface area contributed by atoms with Gasteiger partial charge in [-0.15, -0.1) is 0 Å². The molecule has 1 heterocycles. The molecule has 1 aromatic carbocycles. The Morgan fingerprint density at radius 1 is 1.45 bits per heavy atom. The normalized spacial score (nSPS) is 11.7. The summed E-state index contributed by atoms with van der Waals surface area (Å²) in [6, 6.07) is 4.67. The lowest BCUT2D eigenvalue weighted by Crippen LogP contribution is -2.29. The van der Waals surface area contributed by atoms with Crippen LogP contribution < -0.4 is 15.8 Å². The predicted molar refractivity (Wildman–Crippen MR) is 78.7 cm³/mol. The van der Waals surface area contributed by atoms with Gasteiger partial charge in [0.05, 0.1) is 5.69 Å². The van der Waals surface area contributed by atoms with Gasteiger partial charge in [0.15, 0.2) is 0 Å². The van der Waals surface area contributed by atoms with Crippen LogP contribution in [0.4, 0.5) is 4.79 Å². The highest BCUT2D eigenvalue weighted by molar-refractivity contribution is 7.03. The molecule has 0 aliphatic rings. The number of aromatic nitrogens is 2. The minimum Gasteiger partial charge on any atom is -0.339 e. The zero-order valence-electron chi connectivity index (χ0n) is 11.2. The monoisotopic (exact) mass is 312 g/mol. The number of rotatable bonds is 1. The molecule has 0 aliphatic heterocycles. The van der Waals surface area contributed by atoms with Crippen molar-refractivity contribution in [2.75, 3.05) is 7.05 Å². The first-order valence-corrected chi connectivity index (χ1v) is 6.91. The summed E-state index contributed by atoms with van der Waals surface area (Å²) in [4.78, 5) is 27.8. The molecule has 20 heavy (non-hydrogen) atoms. The maximum atomic E-state index is 12.2. The van der Waals surface area contributed by atoms with Gasteiger partial charge < -0.3 is 5.32 Å². The Morgan fingerprint density at radius 2 is 2.15 bits per heavy atom. The molecule has 0 spiro atoms. The van der Waals surface area contributed by atoms with Gasteiger partial charge in [-0.2, -0.15) is 4.99 Å². The molecular weight excluding hydrogens is 300 g/mol. The van der Waals surface area contributed by atoms with Crippen molar-refractivity contribution in [3.8, 4) is 5.69 Å². The van der Waals surface area contributed by atoms with Crippen LogP contribution >= 0.6 is 23.1 Å². The Morgan fingerprint density at radius 3 is 2.75 bits per heavy atom. The van der Waals surface area contributed by atoms with Crippen LogP contribution in [0.2, 0.25) is 5.02 Å². The van der Waals surface area contributed by atoms with Gasteiger partial charge in [0, 0.05) is 19.1 Å². The SMILES string of the molecule is CNC(=O)/N=c1\sn(C)c(=O)n1-c1ccc(Cl)cc1C. The molecule has 8 heteroatoms. The van der Waals surface area contributed by atoms with Crippen molar-refractivity contribution in [1.82, 2.24) is 13.8 Å². The van der Waals surface area contributed by atoms with Crippen molar-refractivity contribution in [3.05, 3.63) is 44.1 Å². The summed E-state index contributed by atoms with van der Waals surface area (Å²) in [6.07, 6.45) is 0. The van der Waals surface area contributed by atoms with E-state index in [1.165, 1.54) is 15.6 Å². The summed E-state index contributed by atoms with van der Waals surface area (Å²) >= 11 is 7.02. The molecule has 2 amide bonds. The molecule has 2 rings (SSSR count). The zero-order valence-corrected chi connectivity index (χ0v) is 12.7. The van der Waals surface area contributed by atoms with E-state index in [0.717, 1.165) is 17.1 Å². The van der Waals surface area contributed by atoms with E-state index in [-0.39, 0.29) is 5.69 Å². The fraction of sp³-hybridized carbons (Fsp3) is 0.250. The highest BCUT2D eigenvalue weighted by Crippen LogP contribution is 2.17. The first-order valence-electron chi connectivity index (χ1n) is 5.76. The first kappa shape index (κ1) is 14.5. The van der Waals surface area contributed by atoms with E-state index < -0.39 is 6.03 Å². The molecule has 0 radical (unpaired) electrons. The van der Waals surface area contributed by atoms with E-state index in [1.54, 1.807) is 25.2 Å². The van der Waals surface area contributed by atoms with Crippen molar-refractivity contribution in [1.29, 1.82) is 0 Å². The van der Waals surface area contributed by atoms with Crippen LogP contribution in [0.5, 0.6) is 0 Å². The van der Waals surface area contributed by atoms with Gasteiger partial charge in [-0.1, -0.05) is 11.6 Å². The number of nitrogens with one attached hydrogen (secondary N) is 1. The zero-order chi connectivity index (χ0) is 14.9. The summed E-state index contributed by atoms with van der Waals surface area (Å²) in [5.74, 6) is 0. The number of hydrogen-bond acceptors (Lipinski definition) is 3. The van der Waals surface area contributed by atoms with Gasteiger partial charge >= 0.3 is 11.7 Å².